The number of pyridine rings is 2. The van der Waals surface area contributed by atoms with E-state index in [0.717, 1.165) is 32.4 Å². The van der Waals surface area contributed by atoms with E-state index >= 15 is 0 Å². The van der Waals surface area contributed by atoms with Gasteiger partial charge in [-0.25, -0.2) is 4.79 Å². The SMILES string of the molecule is CCC1(c2ccncc2Sc2ccc(OCc3ccnc(C)c3)cc2)NC(=O)NC1=O. The van der Waals surface area contributed by atoms with Gasteiger partial charge in [0.15, 0.2) is 0 Å². The Labute approximate surface area is 184 Å². The van der Waals surface area contributed by atoms with Crippen LogP contribution in [0.25, 0.3) is 0 Å². The zero-order valence-corrected chi connectivity index (χ0v) is 18.0. The van der Waals surface area contributed by atoms with Gasteiger partial charge in [0.05, 0.1) is 0 Å². The van der Waals surface area contributed by atoms with E-state index in [-0.39, 0.29) is 5.91 Å². The topological polar surface area (TPSA) is 93.2 Å². The van der Waals surface area contributed by atoms with Crippen LogP contribution in [0.15, 0.2) is 70.8 Å². The van der Waals surface area contributed by atoms with Crippen LogP contribution >= 0.6 is 11.8 Å². The monoisotopic (exact) mass is 434 g/mol. The van der Waals surface area contributed by atoms with Crippen molar-refractivity contribution >= 4 is 23.7 Å². The van der Waals surface area contributed by atoms with Gasteiger partial charge >= 0.3 is 6.03 Å². The largest absolute Gasteiger partial charge is 0.489 e. The Hall–Kier alpha value is -3.39. The summed E-state index contributed by atoms with van der Waals surface area (Å²) in [5.41, 5.74) is 1.66. The van der Waals surface area contributed by atoms with Gasteiger partial charge in [0, 0.05) is 39.6 Å². The number of aryl methyl sites for hydroxylation is 1. The molecule has 158 valence electrons. The molecule has 0 bridgehead atoms. The Morgan fingerprint density at radius 2 is 1.90 bits per heavy atom. The Kier molecular flexibility index (Phi) is 5.90. The third kappa shape index (κ3) is 4.39. The van der Waals surface area contributed by atoms with Crippen molar-refractivity contribution in [1.29, 1.82) is 0 Å². The summed E-state index contributed by atoms with van der Waals surface area (Å²) in [5.74, 6) is 0.417. The normalized spacial score (nSPS) is 17.9. The predicted octanol–water partition coefficient (Wildman–Crippen LogP) is 3.96. The summed E-state index contributed by atoms with van der Waals surface area (Å²) < 4.78 is 5.87. The number of hydrogen-bond donors (Lipinski definition) is 2. The smallest absolute Gasteiger partial charge is 0.322 e. The number of rotatable bonds is 7. The summed E-state index contributed by atoms with van der Waals surface area (Å²) in [6.07, 6.45) is 5.55. The molecule has 3 heterocycles. The highest BCUT2D eigenvalue weighted by molar-refractivity contribution is 7.99. The third-order valence-electron chi connectivity index (χ3n) is 5.13. The summed E-state index contributed by atoms with van der Waals surface area (Å²) in [7, 11) is 0. The molecule has 4 rings (SSSR count). The van der Waals surface area contributed by atoms with E-state index in [1.54, 1.807) is 24.7 Å². The molecule has 3 amide bonds. The zero-order valence-electron chi connectivity index (χ0n) is 17.2. The first kappa shape index (κ1) is 20.9. The number of nitrogens with zero attached hydrogens (tertiary/aromatic N) is 2. The van der Waals surface area contributed by atoms with E-state index in [1.807, 2.05) is 50.2 Å². The number of benzene rings is 1. The summed E-state index contributed by atoms with van der Waals surface area (Å²) in [4.78, 5) is 34.5. The molecular formula is C23H22N4O3S. The van der Waals surface area contributed by atoms with Crippen molar-refractivity contribution in [2.24, 2.45) is 0 Å². The second-order valence-electron chi connectivity index (χ2n) is 7.21. The molecule has 0 saturated carbocycles. The van der Waals surface area contributed by atoms with Crippen LogP contribution in [0.2, 0.25) is 0 Å². The minimum absolute atomic E-state index is 0.344. The van der Waals surface area contributed by atoms with Crippen LogP contribution in [0.4, 0.5) is 4.79 Å². The molecule has 1 aliphatic rings. The van der Waals surface area contributed by atoms with Gasteiger partial charge in [0.1, 0.15) is 17.9 Å². The zero-order chi connectivity index (χ0) is 21.8. The highest BCUT2D eigenvalue weighted by Crippen LogP contribution is 2.38. The second-order valence-corrected chi connectivity index (χ2v) is 8.32. The molecule has 0 radical (unpaired) electrons. The van der Waals surface area contributed by atoms with Crippen LogP contribution in [-0.2, 0) is 16.9 Å². The first-order valence-corrected chi connectivity index (χ1v) is 10.7. The molecule has 8 heteroatoms. The molecular weight excluding hydrogens is 412 g/mol. The van der Waals surface area contributed by atoms with Gasteiger partial charge in [-0.05, 0) is 61.4 Å². The van der Waals surface area contributed by atoms with Crippen molar-refractivity contribution in [2.45, 2.75) is 42.2 Å². The molecule has 1 fully saturated rings. The van der Waals surface area contributed by atoms with E-state index in [2.05, 4.69) is 20.6 Å². The van der Waals surface area contributed by atoms with Crippen LogP contribution in [0, 0.1) is 6.92 Å². The van der Waals surface area contributed by atoms with Crippen LogP contribution in [0.3, 0.4) is 0 Å². The minimum Gasteiger partial charge on any atom is -0.489 e. The fraction of sp³-hybridized carbons (Fsp3) is 0.217. The molecule has 2 aromatic heterocycles. The maximum atomic E-state index is 12.6. The molecule has 0 aliphatic carbocycles. The highest BCUT2D eigenvalue weighted by atomic mass is 32.2. The summed E-state index contributed by atoms with van der Waals surface area (Å²) >= 11 is 1.49. The first-order valence-electron chi connectivity index (χ1n) is 9.90. The quantitative estimate of drug-likeness (QED) is 0.547. The molecule has 7 nitrogen and oxygen atoms in total. The Morgan fingerprint density at radius 1 is 1.10 bits per heavy atom. The maximum Gasteiger partial charge on any atom is 0.322 e. The summed E-state index contributed by atoms with van der Waals surface area (Å²) in [5, 5.41) is 5.14. The van der Waals surface area contributed by atoms with Crippen molar-refractivity contribution in [3.05, 3.63) is 77.9 Å². The van der Waals surface area contributed by atoms with E-state index < -0.39 is 11.6 Å². The lowest BCUT2D eigenvalue weighted by molar-refractivity contribution is -0.124. The number of carbonyl (C=O) groups excluding carboxylic acids is 2. The molecule has 1 atom stereocenters. The Bertz CT molecular complexity index is 1120. The number of urea groups is 1. The lowest BCUT2D eigenvalue weighted by Gasteiger charge is -2.26. The van der Waals surface area contributed by atoms with Gasteiger partial charge in [-0.2, -0.15) is 0 Å². The van der Waals surface area contributed by atoms with Crippen molar-refractivity contribution in [3.8, 4) is 5.75 Å². The molecule has 3 aromatic rings. The lowest BCUT2D eigenvalue weighted by atomic mass is 9.88. The molecule has 0 spiro atoms. The summed E-state index contributed by atoms with van der Waals surface area (Å²) in [6, 6.07) is 13.0. The van der Waals surface area contributed by atoms with Crippen molar-refractivity contribution in [2.75, 3.05) is 0 Å². The van der Waals surface area contributed by atoms with Gasteiger partial charge in [-0.1, -0.05) is 18.7 Å². The van der Waals surface area contributed by atoms with Gasteiger partial charge < -0.3 is 10.1 Å². The molecule has 1 unspecified atom stereocenters. The number of carbonyl (C=O) groups is 2. The molecule has 2 N–H and O–H groups in total. The fourth-order valence-corrected chi connectivity index (χ4v) is 4.52. The van der Waals surface area contributed by atoms with Gasteiger partial charge in [-0.15, -0.1) is 0 Å². The first-order chi connectivity index (χ1) is 15.0. The van der Waals surface area contributed by atoms with Crippen LogP contribution < -0.4 is 15.4 Å². The molecule has 1 saturated heterocycles. The van der Waals surface area contributed by atoms with E-state index in [1.165, 1.54) is 11.8 Å². The number of aromatic nitrogens is 2. The van der Waals surface area contributed by atoms with Crippen LogP contribution in [0.1, 0.15) is 30.2 Å². The van der Waals surface area contributed by atoms with E-state index in [4.69, 9.17) is 4.74 Å². The number of amides is 3. The number of hydrogen-bond acceptors (Lipinski definition) is 6. The lowest BCUT2D eigenvalue weighted by Crippen LogP contribution is -2.43. The maximum absolute atomic E-state index is 12.6. The van der Waals surface area contributed by atoms with Gasteiger partial charge in [0.2, 0.25) is 0 Å². The average molecular weight is 435 g/mol. The number of imide groups is 1. The average Bonchev–Trinajstić information content (AvgIpc) is 3.07. The van der Waals surface area contributed by atoms with E-state index in [0.29, 0.717) is 13.0 Å². The Morgan fingerprint density at radius 3 is 2.58 bits per heavy atom. The predicted molar refractivity (Wildman–Crippen MR) is 117 cm³/mol. The minimum atomic E-state index is -1.09. The van der Waals surface area contributed by atoms with Gasteiger partial charge in [-0.3, -0.25) is 20.1 Å². The van der Waals surface area contributed by atoms with Gasteiger partial charge in [0.25, 0.3) is 5.91 Å². The number of ether oxygens (including phenoxy) is 1. The number of nitrogens with one attached hydrogen (secondary N) is 2. The van der Waals surface area contributed by atoms with Crippen molar-refractivity contribution in [3.63, 3.8) is 0 Å². The molecule has 1 aromatic carbocycles. The molecule has 1 aliphatic heterocycles. The second kappa shape index (κ2) is 8.77. The third-order valence-corrected chi connectivity index (χ3v) is 6.19. The summed E-state index contributed by atoms with van der Waals surface area (Å²) in [6.45, 7) is 4.29. The van der Waals surface area contributed by atoms with Crippen LogP contribution in [0.5, 0.6) is 5.75 Å². The Balaban J connectivity index is 1.50. The van der Waals surface area contributed by atoms with Crippen molar-refractivity contribution < 1.29 is 14.3 Å². The van der Waals surface area contributed by atoms with Crippen LogP contribution in [-0.4, -0.2) is 21.9 Å². The standard InChI is InChI=1S/C23H22N4O3S/c1-3-23(21(28)26-22(29)27-23)19-9-10-24-13-20(19)31-18-6-4-17(5-7-18)30-14-16-8-11-25-15(2)12-16/h4-13H,3,14H2,1-2H3,(H2,26,27,28,29). The highest BCUT2D eigenvalue weighted by Gasteiger charge is 2.47. The van der Waals surface area contributed by atoms with Crippen molar-refractivity contribution in [1.82, 2.24) is 20.6 Å². The van der Waals surface area contributed by atoms with E-state index in [9.17, 15) is 9.59 Å². The molecule has 31 heavy (non-hydrogen) atoms. The fourth-order valence-electron chi connectivity index (χ4n) is 3.53.